The molecule has 1 aromatic heterocycles. The van der Waals surface area contributed by atoms with Crippen LogP contribution >= 0.6 is 15.9 Å². The van der Waals surface area contributed by atoms with E-state index in [9.17, 15) is 9.18 Å². The first-order valence-corrected chi connectivity index (χ1v) is 6.12. The summed E-state index contributed by atoms with van der Waals surface area (Å²) in [5, 5.41) is 6.47. The molecule has 1 heterocycles. The third-order valence-electron chi connectivity index (χ3n) is 2.16. The van der Waals surface area contributed by atoms with Crippen LogP contribution in [0.2, 0.25) is 0 Å². The maximum Gasteiger partial charge on any atom is 0.240 e. The Balaban J connectivity index is 2.09. The van der Waals surface area contributed by atoms with Crippen molar-refractivity contribution in [2.24, 2.45) is 5.73 Å². The number of rotatable bonds is 5. The first-order valence-electron chi connectivity index (χ1n) is 5.32. The maximum absolute atomic E-state index is 13.2. The van der Waals surface area contributed by atoms with Crippen LogP contribution in [0, 0.1) is 5.82 Å². The van der Waals surface area contributed by atoms with Gasteiger partial charge in [-0.05, 0) is 18.2 Å². The molecule has 0 aliphatic heterocycles. The van der Waals surface area contributed by atoms with Gasteiger partial charge in [-0.15, -0.1) is 0 Å². The van der Waals surface area contributed by atoms with Crippen LogP contribution in [0.15, 0.2) is 27.2 Å². The van der Waals surface area contributed by atoms with E-state index in [0.29, 0.717) is 10.0 Å². The summed E-state index contributed by atoms with van der Waals surface area (Å²) in [5.41, 5.74) is 5.47. The highest BCUT2D eigenvalue weighted by atomic mass is 79.9. The zero-order valence-electron chi connectivity index (χ0n) is 9.69. The highest BCUT2D eigenvalue weighted by Gasteiger charge is 2.10. The standard InChI is InChI=1S/C11H10BrFN4O2/c12-7-1-6(2-8(13)3-7)11-16-10(19-17-11)5-15-4-9(14)18/h1-3,15H,4-5H2,(H2,14,18). The number of carbonyl (C=O) groups is 1. The van der Waals surface area contributed by atoms with Gasteiger partial charge >= 0.3 is 0 Å². The Kier molecular flexibility index (Phi) is 4.23. The zero-order chi connectivity index (χ0) is 13.8. The summed E-state index contributed by atoms with van der Waals surface area (Å²) in [5.74, 6) is -0.316. The van der Waals surface area contributed by atoms with Gasteiger partial charge in [-0.1, -0.05) is 21.1 Å². The number of benzene rings is 1. The zero-order valence-corrected chi connectivity index (χ0v) is 11.3. The third kappa shape index (κ3) is 3.83. The Bertz CT molecular complexity index is 582. The lowest BCUT2D eigenvalue weighted by Gasteiger charge is -1.97. The van der Waals surface area contributed by atoms with Gasteiger partial charge in [0.2, 0.25) is 17.6 Å². The molecule has 2 aromatic rings. The Morgan fingerprint density at radius 2 is 2.26 bits per heavy atom. The fourth-order valence-electron chi connectivity index (χ4n) is 1.42. The quantitative estimate of drug-likeness (QED) is 0.860. The summed E-state index contributed by atoms with van der Waals surface area (Å²) < 4.78 is 18.8. The molecule has 1 amide bonds. The van der Waals surface area contributed by atoms with Gasteiger partial charge in [-0.2, -0.15) is 4.98 Å². The number of amides is 1. The predicted molar refractivity (Wildman–Crippen MR) is 68.3 cm³/mol. The van der Waals surface area contributed by atoms with Crippen LogP contribution in [0.3, 0.4) is 0 Å². The molecule has 0 aliphatic carbocycles. The molecule has 0 atom stereocenters. The van der Waals surface area contributed by atoms with Crippen LogP contribution in [0.1, 0.15) is 5.89 Å². The molecule has 6 nitrogen and oxygen atoms in total. The monoisotopic (exact) mass is 328 g/mol. The Hall–Kier alpha value is -1.80. The van der Waals surface area contributed by atoms with Crippen molar-refractivity contribution in [2.45, 2.75) is 6.54 Å². The van der Waals surface area contributed by atoms with Gasteiger partial charge in [0.25, 0.3) is 0 Å². The van der Waals surface area contributed by atoms with Gasteiger partial charge in [0.05, 0.1) is 13.1 Å². The number of nitrogens with zero attached hydrogens (tertiary/aromatic N) is 2. The number of nitrogens with one attached hydrogen (secondary N) is 1. The van der Waals surface area contributed by atoms with Crippen molar-refractivity contribution in [3.63, 3.8) is 0 Å². The fourth-order valence-corrected chi connectivity index (χ4v) is 1.88. The number of hydrogen-bond acceptors (Lipinski definition) is 5. The first kappa shape index (κ1) is 13.6. The average molecular weight is 329 g/mol. The fraction of sp³-hybridized carbons (Fsp3) is 0.182. The van der Waals surface area contributed by atoms with Crippen molar-refractivity contribution in [3.05, 3.63) is 34.4 Å². The second-order valence-corrected chi connectivity index (χ2v) is 4.66. The molecule has 1 aromatic carbocycles. The van der Waals surface area contributed by atoms with Crippen LogP contribution in [0.5, 0.6) is 0 Å². The molecule has 8 heteroatoms. The summed E-state index contributed by atoms with van der Waals surface area (Å²) >= 11 is 3.19. The Morgan fingerprint density at radius 1 is 1.47 bits per heavy atom. The smallest absolute Gasteiger partial charge is 0.240 e. The summed E-state index contributed by atoms with van der Waals surface area (Å²) in [4.78, 5) is 14.6. The lowest BCUT2D eigenvalue weighted by Crippen LogP contribution is -2.28. The van der Waals surface area contributed by atoms with E-state index in [1.807, 2.05) is 0 Å². The molecule has 0 bridgehead atoms. The second kappa shape index (κ2) is 5.89. The molecule has 0 radical (unpaired) electrons. The number of primary amides is 1. The summed E-state index contributed by atoms with van der Waals surface area (Å²) in [6, 6.07) is 4.31. The van der Waals surface area contributed by atoms with Crippen molar-refractivity contribution in [1.82, 2.24) is 15.5 Å². The van der Waals surface area contributed by atoms with Gasteiger partial charge in [0.15, 0.2) is 0 Å². The minimum Gasteiger partial charge on any atom is -0.369 e. The van der Waals surface area contributed by atoms with Gasteiger partial charge in [0.1, 0.15) is 5.82 Å². The molecule has 0 unspecified atom stereocenters. The molecular weight excluding hydrogens is 319 g/mol. The SMILES string of the molecule is NC(=O)CNCc1nc(-c2cc(F)cc(Br)c2)no1. The first-order chi connectivity index (χ1) is 9.04. The largest absolute Gasteiger partial charge is 0.369 e. The van der Waals surface area contributed by atoms with Gasteiger partial charge < -0.3 is 10.3 Å². The molecule has 0 aliphatic rings. The van der Waals surface area contributed by atoms with E-state index in [1.165, 1.54) is 12.1 Å². The van der Waals surface area contributed by atoms with Crippen LogP contribution in [-0.4, -0.2) is 22.6 Å². The summed E-state index contributed by atoms with van der Waals surface area (Å²) in [7, 11) is 0. The molecule has 0 fully saturated rings. The highest BCUT2D eigenvalue weighted by molar-refractivity contribution is 9.10. The highest BCUT2D eigenvalue weighted by Crippen LogP contribution is 2.22. The van der Waals surface area contributed by atoms with Crippen LogP contribution in [0.4, 0.5) is 4.39 Å². The van der Waals surface area contributed by atoms with E-state index in [-0.39, 0.29) is 24.8 Å². The van der Waals surface area contributed by atoms with E-state index in [0.717, 1.165) is 0 Å². The van der Waals surface area contributed by atoms with E-state index >= 15 is 0 Å². The van der Waals surface area contributed by atoms with Crippen molar-refractivity contribution >= 4 is 21.8 Å². The van der Waals surface area contributed by atoms with Gasteiger partial charge in [-0.25, -0.2) is 4.39 Å². The van der Waals surface area contributed by atoms with Crippen molar-refractivity contribution in [3.8, 4) is 11.4 Å². The number of aromatic nitrogens is 2. The number of halogens is 2. The number of nitrogens with two attached hydrogens (primary N) is 1. The van der Waals surface area contributed by atoms with E-state index in [1.54, 1.807) is 6.07 Å². The molecule has 100 valence electrons. The molecule has 0 saturated carbocycles. The molecule has 2 rings (SSSR count). The number of carbonyl (C=O) groups excluding carboxylic acids is 1. The minimum atomic E-state index is -0.478. The van der Waals surface area contributed by atoms with Crippen molar-refractivity contribution in [2.75, 3.05) is 6.54 Å². The maximum atomic E-state index is 13.2. The van der Waals surface area contributed by atoms with E-state index in [2.05, 4.69) is 31.4 Å². The average Bonchev–Trinajstić information content (AvgIpc) is 2.76. The molecule has 0 spiro atoms. The van der Waals surface area contributed by atoms with Crippen molar-refractivity contribution < 1.29 is 13.7 Å². The van der Waals surface area contributed by atoms with Crippen LogP contribution in [0.25, 0.3) is 11.4 Å². The molecule has 3 N–H and O–H groups in total. The summed E-state index contributed by atoms with van der Waals surface area (Å²) in [6.07, 6.45) is 0. The van der Waals surface area contributed by atoms with E-state index < -0.39 is 11.7 Å². The normalized spacial score (nSPS) is 10.6. The van der Waals surface area contributed by atoms with Crippen molar-refractivity contribution in [1.29, 1.82) is 0 Å². The summed E-state index contributed by atoms with van der Waals surface area (Å²) in [6.45, 7) is 0.232. The van der Waals surface area contributed by atoms with Gasteiger partial charge in [-0.3, -0.25) is 10.1 Å². The third-order valence-corrected chi connectivity index (χ3v) is 2.62. The second-order valence-electron chi connectivity index (χ2n) is 3.74. The topological polar surface area (TPSA) is 94.0 Å². The molecular formula is C11H10BrFN4O2. The van der Waals surface area contributed by atoms with E-state index in [4.69, 9.17) is 10.3 Å². The lowest BCUT2D eigenvalue weighted by atomic mass is 10.2. The minimum absolute atomic E-state index is 0.0171. The molecule has 0 saturated heterocycles. The van der Waals surface area contributed by atoms with Crippen LogP contribution in [-0.2, 0) is 11.3 Å². The van der Waals surface area contributed by atoms with Crippen LogP contribution < -0.4 is 11.1 Å². The van der Waals surface area contributed by atoms with Gasteiger partial charge in [0, 0.05) is 10.0 Å². The number of hydrogen-bond donors (Lipinski definition) is 2. The predicted octanol–water partition coefficient (Wildman–Crippen LogP) is 1.21. The Labute approximate surface area is 116 Å². The molecule has 19 heavy (non-hydrogen) atoms. The lowest BCUT2D eigenvalue weighted by molar-refractivity contribution is -0.117. The Morgan fingerprint density at radius 3 is 2.95 bits per heavy atom.